The maximum absolute atomic E-state index is 11.4. The average molecular weight is 274 g/mol. The summed E-state index contributed by atoms with van der Waals surface area (Å²) in [6.07, 6.45) is 4.79. The summed E-state index contributed by atoms with van der Waals surface area (Å²) in [4.78, 5) is 19.7. The predicted molar refractivity (Wildman–Crippen MR) is 70.4 cm³/mol. The third-order valence-corrected chi connectivity index (χ3v) is 2.98. The van der Waals surface area contributed by atoms with E-state index in [4.69, 9.17) is 11.6 Å². The molecule has 0 radical (unpaired) electrons. The minimum absolute atomic E-state index is 0.109. The summed E-state index contributed by atoms with van der Waals surface area (Å²) in [6, 6.07) is 6.68. The molecule has 0 aromatic carbocycles. The molecule has 3 rings (SSSR count). The Morgan fingerprint density at radius 2 is 2.00 bits per heavy atom. The molecule has 3 heterocycles. The van der Waals surface area contributed by atoms with E-state index in [0.717, 1.165) is 0 Å². The van der Waals surface area contributed by atoms with E-state index in [0.29, 0.717) is 21.9 Å². The fourth-order valence-corrected chi connectivity index (χ4v) is 2.09. The number of carboxylic acid groups (broad SMARTS) is 1. The van der Waals surface area contributed by atoms with E-state index >= 15 is 0 Å². The van der Waals surface area contributed by atoms with E-state index < -0.39 is 5.97 Å². The summed E-state index contributed by atoms with van der Waals surface area (Å²) >= 11 is 5.90. The lowest BCUT2D eigenvalue weighted by Gasteiger charge is -1.99. The first kappa shape index (κ1) is 11.7. The molecular weight excluding hydrogens is 266 g/mol. The molecule has 6 heteroatoms. The number of pyridine rings is 2. The van der Waals surface area contributed by atoms with Crippen molar-refractivity contribution in [2.24, 2.45) is 0 Å². The molecule has 0 unspecified atom stereocenters. The lowest BCUT2D eigenvalue weighted by molar-refractivity contribution is 0.0690. The van der Waals surface area contributed by atoms with Gasteiger partial charge in [-0.3, -0.25) is 9.38 Å². The molecule has 94 valence electrons. The van der Waals surface area contributed by atoms with E-state index in [1.807, 2.05) is 0 Å². The lowest BCUT2D eigenvalue weighted by Crippen LogP contribution is -2.03. The first-order valence-electron chi connectivity index (χ1n) is 5.48. The van der Waals surface area contributed by atoms with Gasteiger partial charge in [-0.2, -0.15) is 0 Å². The Labute approximate surface area is 113 Å². The topological polar surface area (TPSA) is 67.5 Å². The maximum Gasteiger partial charge on any atom is 0.355 e. The summed E-state index contributed by atoms with van der Waals surface area (Å²) in [5, 5.41) is 9.88. The van der Waals surface area contributed by atoms with Crippen LogP contribution in [0.5, 0.6) is 0 Å². The molecule has 19 heavy (non-hydrogen) atoms. The van der Waals surface area contributed by atoms with E-state index in [1.54, 1.807) is 42.9 Å². The zero-order valence-electron chi connectivity index (χ0n) is 9.62. The minimum Gasteiger partial charge on any atom is -0.476 e. The Balaban J connectivity index is 2.35. The number of fused-ring (bicyclic) bond motifs is 1. The molecule has 0 fully saturated rings. The fraction of sp³-hybridized carbons (Fsp3) is 0. The number of nitrogens with zero attached hydrogens (tertiary/aromatic N) is 3. The highest BCUT2D eigenvalue weighted by atomic mass is 35.5. The normalized spacial score (nSPS) is 10.8. The molecule has 3 aromatic rings. The van der Waals surface area contributed by atoms with Crippen LogP contribution in [0.2, 0.25) is 5.02 Å². The smallest absolute Gasteiger partial charge is 0.355 e. The number of imidazole rings is 1. The largest absolute Gasteiger partial charge is 0.476 e. The van der Waals surface area contributed by atoms with Crippen molar-refractivity contribution in [3.63, 3.8) is 0 Å². The highest BCUT2D eigenvalue weighted by Crippen LogP contribution is 2.25. The van der Waals surface area contributed by atoms with E-state index in [9.17, 15) is 9.90 Å². The Morgan fingerprint density at radius 3 is 2.68 bits per heavy atom. The van der Waals surface area contributed by atoms with E-state index in [1.165, 1.54) is 4.40 Å². The number of halogens is 1. The quantitative estimate of drug-likeness (QED) is 0.779. The summed E-state index contributed by atoms with van der Waals surface area (Å²) < 4.78 is 1.50. The Morgan fingerprint density at radius 1 is 1.26 bits per heavy atom. The third-order valence-electron chi connectivity index (χ3n) is 2.74. The van der Waals surface area contributed by atoms with Crippen molar-refractivity contribution in [2.75, 3.05) is 0 Å². The molecule has 0 saturated carbocycles. The first-order valence-corrected chi connectivity index (χ1v) is 5.86. The highest BCUT2D eigenvalue weighted by molar-refractivity contribution is 6.30. The van der Waals surface area contributed by atoms with Crippen LogP contribution in [0.3, 0.4) is 0 Å². The van der Waals surface area contributed by atoms with Gasteiger partial charge in [-0.15, -0.1) is 0 Å². The molecule has 0 aliphatic rings. The number of aromatic carboxylic acids is 1. The molecule has 3 aromatic heterocycles. The number of hydrogen-bond donors (Lipinski definition) is 1. The lowest BCUT2D eigenvalue weighted by atomic mass is 10.1. The predicted octanol–water partition coefficient (Wildman–Crippen LogP) is 2.75. The molecular formula is C13H8ClN3O2. The highest BCUT2D eigenvalue weighted by Gasteiger charge is 2.19. The van der Waals surface area contributed by atoms with Gasteiger partial charge in [0.05, 0.1) is 0 Å². The second-order valence-electron chi connectivity index (χ2n) is 3.92. The Bertz CT molecular complexity index is 768. The van der Waals surface area contributed by atoms with Gasteiger partial charge in [0.15, 0.2) is 5.69 Å². The number of carboxylic acids is 1. The molecule has 0 atom stereocenters. The van der Waals surface area contributed by atoms with Crippen LogP contribution >= 0.6 is 11.6 Å². The number of rotatable bonds is 2. The van der Waals surface area contributed by atoms with Crippen molar-refractivity contribution < 1.29 is 9.90 Å². The molecule has 0 amide bonds. The first-order chi connectivity index (χ1) is 9.16. The van der Waals surface area contributed by atoms with Gasteiger partial charge in [-0.1, -0.05) is 11.6 Å². The van der Waals surface area contributed by atoms with Crippen molar-refractivity contribution in [1.82, 2.24) is 14.4 Å². The monoisotopic (exact) mass is 273 g/mol. The summed E-state index contributed by atoms with van der Waals surface area (Å²) in [7, 11) is 0. The van der Waals surface area contributed by atoms with Crippen molar-refractivity contribution in [3.05, 3.63) is 53.6 Å². The number of carbonyl (C=O) groups is 1. The Hall–Kier alpha value is -2.40. The van der Waals surface area contributed by atoms with Crippen LogP contribution in [0.25, 0.3) is 16.9 Å². The van der Waals surface area contributed by atoms with Gasteiger partial charge in [-0.25, -0.2) is 9.78 Å². The van der Waals surface area contributed by atoms with Crippen LogP contribution in [0.1, 0.15) is 10.5 Å². The van der Waals surface area contributed by atoms with Crippen LogP contribution in [-0.4, -0.2) is 25.4 Å². The SMILES string of the molecule is O=C(O)c1c(-c2ccncc2)nc2cc(Cl)ccn12. The second-order valence-corrected chi connectivity index (χ2v) is 4.36. The molecule has 5 nitrogen and oxygen atoms in total. The van der Waals surface area contributed by atoms with E-state index in [2.05, 4.69) is 9.97 Å². The third kappa shape index (κ3) is 1.94. The van der Waals surface area contributed by atoms with Crippen molar-refractivity contribution in [3.8, 4) is 11.3 Å². The van der Waals surface area contributed by atoms with Crippen molar-refractivity contribution >= 4 is 23.2 Å². The van der Waals surface area contributed by atoms with Gasteiger partial charge in [-0.05, 0) is 18.2 Å². The van der Waals surface area contributed by atoms with Gasteiger partial charge in [0.1, 0.15) is 11.3 Å². The molecule has 0 spiro atoms. The zero-order valence-corrected chi connectivity index (χ0v) is 10.4. The van der Waals surface area contributed by atoms with Crippen LogP contribution < -0.4 is 0 Å². The molecule has 0 aliphatic heterocycles. The molecule has 0 bridgehead atoms. The Kier molecular flexibility index (Phi) is 2.68. The second kappa shape index (κ2) is 4.37. The fourth-order valence-electron chi connectivity index (χ4n) is 1.94. The van der Waals surface area contributed by atoms with Gasteiger partial charge >= 0.3 is 5.97 Å². The van der Waals surface area contributed by atoms with Crippen LogP contribution in [0, 0.1) is 0 Å². The summed E-state index contributed by atoms with van der Waals surface area (Å²) in [5.74, 6) is -1.04. The van der Waals surface area contributed by atoms with Gasteiger partial charge in [0, 0.05) is 35.2 Å². The van der Waals surface area contributed by atoms with Crippen LogP contribution in [-0.2, 0) is 0 Å². The molecule has 1 N–H and O–H groups in total. The number of aromatic nitrogens is 3. The zero-order chi connectivity index (χ0) is 13.4. The van der Waals surface area contributed by atoms with Crippen LogP contribution in [0.15, 0.2) is 42.9 Å². The van der Waals surface area contributed by atoms with E-state index in [-0.39, 0.29) is 5.69 Å². The molecule has 0 aliphatic carbocycles. The van der Waals surface area contributed by atoms with Crippen LogP contribution in [0.4, 0.5) is 0 Å². The summed E-state index contributed by atoms with van der Waals surface area (Å²) in [5.41, 5.74) is 1.71. The van der Waals surface area contributed by atoms with Crippen molar-refractivity contribution in [1.29, 1.82) is 0 Å². The summed E-state index contributed by atoms with van der Waals surface area (Å²) in [6.45, 7) is 0. The maximum atomic E-state index is 11.4. The van der Waals surface area contributed by atoms with Gasteiger partial charge < -0.3 is 5.11 Å². The van der Waals surface area contributed by atoms with Crippen molar-refractivity contribution in [2.45, 2.75) is 0 Å². The standard InChI is InChI=1S/C13H8ClN3O2/c14-9-3-6-17-10(7-9)16-11(12(17)13(18)19)8-1-4-15-5-2-8/h1-7H,(H,18,19). The van der Waals surface area contributed by atoms with Gasteiger partial charge in [0.25, 0.3) is 0 Å². The minimum atomic E-state index is -1.04. The average Bonchev–Trinajstić information content (AvgIpc) is 2.78. The van der Waals surface area contributed by atoms with Gasteiger partial charge in [0.2, 0.25) is 0 Å². The number of hydrogen-bond acceptors (Lipinski definition) is 3. The molecule has 0 saturated heterocycles.